The Morgan fingerprint density at radius 3 is 2.72 bits per heavy atom. The van der Waals surface area contributed by atoms with Crippen molar-refractivity contribution in [2.75, 3.05) is 5.32 Å². The first kappa shape index (κ1) is 12.4. The molecular formula is C14H17N3O. The largest absolute Gasteiger partial charge is 0.349 e. The van der Waals surface area contributed by atoms with Gasteiger partial charge in [-0.05, 0) is 18.9 Å². The summed E-state index contributed by atoms with van der Waals surface area (Å²) in [6, 6.07) is 11.7. The molecule has 1 aromatic heterocycles. The molecule has 0 radical (unpaired) electrons. The molecule has 2 rings (SSSR count). The standard InChI is InChI=1S/C14H17N3O/c1-3-12-9-13(18)17-14(16-12)15-10(2)11-7-5-4-6-8-11/h4-10H,3H2,1-2H3,(H2,15,16,17,18). The monoisotopic (exact) mass is 243 g/mol. The summed E-state index contributed by atoms with van der Waals surface area (Å²) in [5, 5.41) is 3.21. The molecule has 2 N–H and O–H groups in total. The van der Waals surface area contributed by atoms with E-state index in [1.807, 2.05) is 44.2 Å². The van der Waals surface area contributed by atoms with Crippen LogP contribution in [0.25, 0.3) is 0 Å². The normalized spacial score (nSPS) is 12.1. The highest BCUT2D eigenvalue weighted by Gasteiger charge is 2.06. The Morgan fingerprint density at radius 1 is 1.33 bits per heavy atom. The Labute approximate surface area is 106 Å². The number of benzene rings is 1. The van der Waals surface area contributed by atoms with Gasteiger partial charge in [-0.15, -0.1) is 0 Å². The Balaban J connectivity index is 2.19. The Morgan fingerprint density at radius 2 is 2.06 bits per heavy atom. The number of anilines is 1. The van der Waals surface area contributed by atoms with Crippen LogP contribution in [0.2, 0.25) is 0 Å². The van der Waals surface area contributed by atoms with E-state index >= 15 is 0 Å². The molecule has 0 spiro atoms. The first-order valence-corrected chi connectivity index (χ1v) is 6.10. The van der Waals surface area contributed by atoms with E-state index in [4.69, 9.17) is 0 Å². The van der Waals surface area contributed by atoms with Crippen molar-refractivity contribution in [1.29, 1.82) is 0 Å². The molecule has 0 fully saturated rings. The van der Waals surface area contributed by atoms with E-state index in [9.17, 15) is 4.79 Å². The minimum Gasteiger partial charge on any atom is -0.349 e. The van der Waals surface area contributed by atoms with Gasteiger partial charge in [0.05, 0.1) is 6.04 Å². The summed E-state index contributed by atoms with van der Waals surface area (Å²) < 4.78 is 0. The molecule has 94 valence electrons. The molecule has 0 amide bonds. The zero-order valence-corrected chi connectivity index (χ0v) is 10.6. The molecule has 0 aliphatic heterocycles. The van der Waals surface area contributed by atoms with Gasteiger partial charge in [-0.3, -0.25) is 9.78 Å². The molecular weight excluding hydrogens is 226 g/mol. The predicted molar refractivity (Wildman–Crippen MR) is 72.7 cm³/mol. The third kappa shape index (κ3) is 2.97. The third-order valence-electron chi connectivity index (χ3n) is 2.81. The number of H-pyrrole nitrogens is 1. The van der Waals surface area contributed by atoms with Crippen LogP contribution in [-0.4, -0.2) is 9.97 Å². The maximum absolute atomic E-state index is 11.5. The zero-order chi connectivity index (χ0) is 13.0. The number of aryl methyl sites for hydroxylation is 1. The van der Waals surface area contributed by atoms with Crippen molar-refractivity contribution in [2.24, 2.45) is 0 Å². The van der Waals surface area contributed by atoms with Crippen molar-refractivity contribution in [2.45, 2.75) is 26.3 Å². The van der Waals surface area contributed by atoms with E-state index in [1.165, 1.54) is 6.07 Å². The van der Waals surface area contributed by atoms with Crippen LogP contribution >= 0.6 is 0 Å². The van der Waals surface area contributed by atoms with Crippen LogP contribution in [0.1, 0.15) is 31.1 Å². The molecule has 1 unspecified atom stereocenters. The van der Waals surface area contributed by atoms with Gasteiger partial charge in [-0.1, -0.05) is 37.3 Å². The number of hydrogen-bond acceptors (Lipinski definition) is 3. The predicted octanol–water partition coefficient (Wildman–Crippen LogP) is 2.51. The summed E-state index contributed by atoms with van der Waals surface area (Å²) in [6.07, 6.45) is 0.748. The summed E-state index contributed by atoms with van der Waals surface area (Å²) in [5.41, 5.74) is 1.83. The first-order chi connectivity index (χ1) is 8.69. The van der Waals surface area contributed by atoms with Gasteiger partial charge in [0.15, 0.2) is 0 Å². The number of rotatable bonds is 4. The average Bonchev–Trinajstić information content (AvgIpc) is 2.39. The van der Waals surface area contributed by atoms with E-state index in [-0.39, 0.29) is 11.6 Å². The maximum atomic E-state index is 11.5. The van der Waals surface area contributed by atoms with Crippen LogP contribution in [0.3, 0.4) is 0 Å². The van der Waals surface area contributed by atoms with Crippen LogP contribution in [0, 0.1) is 0 Å². The van der Waals surface area contributed by atoms with E-state index in [0.29, 0.717) is 5.95 Å². The summed E-state index contributed by atoms with van der Waals surface area (Å²) in [6.45, 7) is 4.01. The van der Waals surface area contributed by atoms with E-state index in [0.717, 1.165) is 17.7 Å². The average molecular weight is 243 g/mol. The van der Waals surface area contributed by atoms with Crippen molar-refractivity contribution in [3.8, 4) is 0 Å². The minimum atomic E-state index is -0.121. The fourth-order valence-electron chi connectivity index (χ4n) is 1.79. The second-order valence-electron chi connectivity index (χ2n) is 4.22. The molecule has 0 saturated carbocycles. The molecule has 4 heteroatoms. The Hall–Kier alpha value is -2.10. The lowest BCUT2D eigenvalue weighted by Crippen LogP contribution is -2.16. The van der Waals surface area contributed by atoms with Gasteiger partial charge in [0.25, 0.3) is 5.56 Å². The Kier molecular flexibility index (Phi) is 3.77. The molecule has 1 heterocycles. The van der Waals surface area contributed by atoms with Gasteiger partial charge in [0.1, 0.15) is 0 Å². The summed E-state index contributed by atoms with van der Waals surface area (Å²) in [5.74, 6) is 0.524. The second-order valence-corrected chi connectivity index (χ2v) is 4.22. The van der Waals surface area contributed by atoms with Gasteiger partial charge >= 0.3 is 0 Å². The maximum Gasteiger partial charge on any atom is 0.252 e. The summed E-state index contributed by atoms with van der Waals surface area (Å²) >= 11 is 0. The van der Waals surface area contributed by atoms with Crippen LogP contribution in [0.5, 0.6) is 0 Å². The topological polar surface area (TPSA) is 57.8 Å². The smallest absolute Gasteiger partial charge is 0.252 e. The van der Waals surface area contributed by atoms with Gasteiger partial charge in [-0.25, -0.2) is 4.98 Å². The Bertz CT molecular complexity index is 563. The molecule has 0 saturated heterocycles. The molecule has 1 aromatic carbocycles. The van der Waals surface area contributed by atoms with Gasteiger partial charge in [0, 0.05) is 11.8 Å². The van der Waals surface area contributed by atoms with Crippen LogP contribution < -0.4 is 10.9 Å². The first-order valence-electron chi connectivity index (χ1n) is 6.10. The molecule has 0 aliphatic rings. The van der Waals surface area contributed by atoms with Crippen molar-refractivity contribution < 1.29 is 0 Å². The highest BCUT2D eigenvalue weighted by atomic mass is 16.1. The molecule has 2 aromatic rings. The molecule has 1 atom stereocenters. The molecule has 4 nitrogen and oxygen atoms in total. The lowest BCUT2D eigenvalue weighted by molar-refractivity contribution is 0.847. The van der Waals surface area contributed by atoms with E-state index in [2.05, 4.69) is 15.3 Å². The third-order valence-corrected chi connectivity index (χ3v) is 2.81. The summed E-state index contributed by atoms with van der Waals surface area (Å²) in [4.78, 5) is 18.5. The van der Waals surface area contributed by atoms with Crippen molar-refractivity contribution >= 4 is 5.95 Å². The molecule has 18 heavy (non-hydrogen) atoms. The molecule has 0 bridgehead atoms. The van der Waals surface area contributed by atoms with Crippen LogP contribution in [-0.2, 0) is 6.42 Å². The van der Waals surface area contributed by atoms with Crippen molar-refractivity contribution in [3.63, 3.8) is 0 Å². The number of nitrogens with one attached hydrogen (secondary N) is 2. The fraction of sp³-hybridized carbons (Fsp3) is 0.286. The summed E-state index contributed by atoms with van der Waals surface area (Å²) in [7, 11) is 0. The van der Waals surface area contributed by atoms with Crippen LogP contribution in [0.4, 0.5) is 5.95 Å². The van der Waals surface area contributed by atoms with Crippen LogP contribution in [0.15, 0.2) is 41.2 Å². The number of aromatic nitrogens is 2. The van der Waals surface area contributed by atoms with E-state index < -0.39 is 0 Å². The highest BCUT2D eigenvalue weighted by molar-refractivity contribution is 5.31. The lowest BCUT2D eigenvalue weighted by Gasteiger charge is -2.14. The quantitative estimate of drug-likeness (QED) is 0.867. The van der Waals surface area contributed by atoms with Gasteiger partial charge in [0.2, 0.25) is 5.95 Å². The molecule has 0 aliphatic carbocycles. The van der Waals surface area contributed by atoms with E-state index in [1.54, 1.807) is 0 Å². The zero-order valence-electron chi connectivity index (χ0n) is 10.6. The SMILES string of the molecule is CCc1cc(=O)[nH]c(NC(C)c2ccccc2)n1. The van der Waals surface area contributed by atoms with Gasteiger partial charge < -0.3 is 5.32 Å². The highest BCUT2D eigenvalue weighted by Crippen LogP contribution is 2.15. The number of nitrogens with zero attached hydrogens (tertiary/aromatic N) is 1. The van der Waals surface area contributed by atoms with Gasteiger partial charge in [-0.2, -0.15) is 0 Å². The lowest BCUT2D eigenvalue weighted by atomic mass is 10.1. The minimum absolute atomic E-state index is 0.0986. The number of aromatic amines is 1. The van der Waals surface area contributed by atoms with Crippen molar-refractivity contribution in [3.05, 3.63) is 58.0 Å². The van der Waals surface area contributed by atoms with Crippen molar-refractivity contribution in [1.82, 2.24) is 9.97 Å². The fourth-order valence-corrected chi connectivity index (χ4v) is 1.79. The number of hydrogen-bond donors (Lipinski definition) is 2. The second kappa shape index (κ2) is 5.49.